The van der Waals surface area contributed by atoms with E-state index in [0.29, 0.717) is 5.65 Å². The second kappa shape index (κ2) is 5.23. The molecule has 106 valence electrons. The molecular weight excluding hydrogens is 254 g/mol. The summed E-state index contributed by atoms with van der Waals surface area (Å²) in [7, 11) is 0. The number of carbonyl (C=O) groups is 1. The molecule has 1 saturated carbocycles. The molecule has 3 rings (SSSR count). The van der Waals surface area contributed by atoms with E-state index in [9.17, 15) is 4.79 Å². The van der Waals surface area contributed by atoms with Crippen LogP contribution in [0.4, 0.5) is 0 Å². The monoisotopic (exact) mass is 273 g/mol. The lowest BCUT2D eigenvalue weighted by Gasteiger charge is -2.21. The lowest BCUT2D eigenvalue weighted by Crippen LogP contribution is -2.11. The van der Waals surface area contributed by atoms with Crippen LogP contribution in [0.15, 0.2) is 12.1 Å². The molecule has 0 saturated heterocycles. The van der Waals surface area contributed by atoms with Gasteiger partial charge in [-0.15, -0.1) is 0 Å². The van der Waals surface area contributed by atoms with E-state index in [1.165, 1.54) is 32.1 Å². The number of carboxylic acid groups (broad SMARTS) is 1. The van der Waals surface area contributed by atoms with Crippen LogP contribution in [0.25, 0.3) is 5.65 Å². The van der Waals surface area contributed by atoms with Crippen molar-refractivity contribution in [2.24, 2.45) is 5.92 Å². The highest BCUT2D eigenvalue weighted by molar-refractivity contribution is 5.86. The summed E-state index contributed by atoms with van der Waals surface area (Å²) in [5.41, 5.74) is 2.68. The first-order valence-electron chi connectivity index (χ1n) is 7.23. The molecule has 0 spiro atoms. The molecule has 1 aliphatic rings. The molecular formula is C15H19N3O2. The topological polar surface area (TPSA) is 67.5 Å². The summed E-state index contributed by atoms with van der Waals surface area (Å²) in [6.45, 7) is 1.94. The molecule has 0 unspecified atom stereocenters. The molecule has 2 aromatic heterocycles. The molecule has 0 amide bonds. The zero-order valence-electron chi connectivity index (χ0n) is 11.7. The predicted octanol–water partition coefficient (Wildman–Crippen LogP) is 2.86. The van der Waals surface area contributed by atoms with Gasteiger partial charge in [-0.05, 0) is 25.3 Å². The normalized spacial score (nSPS) is 16.6. The van der Waals surface area contributed by atoms with Crippen molar-refractivity contribution < 1.29 is 9.90 Å². The predicted molar refractivity (Wildman–Crippen MR) is 75.0 cm³/mol. The second-order valence-corrected chi connectivity index (χ2v) is 5.70. The highest BCUT2D eigenvalue weighted by atomic mass is 16.4. The van der Waals surface area contributed by atoms with Gasteiger partial charge in [0.25, 0.3) is 0 Å². The Hall–Kier alpha value is -1.91. The summed E-state index contributed by atoms with van der Waals surface area (Å²) < 4.78 is 1.60. The van der Waals surface area contributed by atoms with Gasteiger partial charge in [0.05, 0.1) is 0 Å². The van der Waals surface area contributed by atoms with E-state index >= 15 is 0 Å². The molecule has 5 heteroatoms. The van der Waals surface area contributed by atoms with Crippen molar-refractivity contribution in [3.05, 3.63) is 29.2 Å². The van der Waals surface area contributed by atoms with Crippen molar-refractivity contribution in [3.8, 4) is 0 Å². The molecule has 1 fully saturated rings. The molecule has 0 aliphatic heterocycles. The molecule has 0 aromatic carbocycles. The Bertz CT molecular complexity index is 642. The number of rotatable bonds is 3. The molecule has 0 atom stereocenters. The Morgan fingerprint density at radius 2 is 2.10 bits per heavy atom. The van der Waals surface area contributed by atoms with Gasteiger partial charge in [-0.1, -0.05) is 32.1 Å². The minimum absolute atomic E-state index is 0.0513. The fraction of sp³-hybridized carbons (Fsp3) is 0.533. The van der Waals surface area contributed by atoms with Crippen LogP contribution in [-0.4, -0.2) is 25.7 Å². The maximum Gasteiger partial charge on any atom is 0.356 e. The fourth-order valence-corrected chi connectivity index (χ4v) is 3.09. The summed E-state index contributed by atoms with van der Waals surface area (Å²) in [5, 5.41) is 13.1. The van der Waals surface area contributed by atoms with Crippen molar-refractivity contribution in [2.45, 2.75) is 45.4 Å². The first kappa shape index (κ1) is 13.1. The van der Waals surface area contributed by atoms with Crippen LogP contribution < -0.4 is 0 Å². The Kier molecular flexibility index (Phi) is 3.42. The second-order valence-electron chi connectivity index (χ2n) is 5.70. The molecule has 5 nitrogen and oxygen atoms in total. The van der Waals surface area contributed by atoms with Gasteiger partial charge in [0.15, 0.2) is 11.3 Å². The van der Waals surface area contributed by atoms with Gasteiger partial charge in [0, 0.05) is 17.5 Å². The maximum atomic E-state index is 11.0. The third-order valence-electron chi connectivity index (χ3n) is 4.10. The third kappa shape index (κ3) is 2.53. The number of carboxylic acids is 1. The highest BCUT2D eigenvalue weighted by Gasteiger charge is 2.16. The SMILES string of the molecule is Cc1cc(CC2CCCCC2)nc2cc(C(=O)O)nn12. The summed E-state index contributed by atoms with van der Waals surface area (Å²) in [6, 6.07) is 3.57. The summed E-state index contributed by atoms with van der Waals surface area (Å²) in [6.07, 6.45) is 7.55. The van der Waals surface area contributed by atoms with E-state index in [4.69, 9.17) is 5.11 Å². The lowest BCUT2D eigenvalue weighted by atomic mass is 9.86. The van der Waals surface area contributed by atoms with Gasteiger partial charge in [-0.2, -0.15) is 5.10 Å². The van der Waals surface area contributed by atoms with E-state index in [1.807, 2.05) is 13.0 Å². The van der Waals surface area contributed by atoms with Crippen LogP contribution in [0.2, 0.25) is 0 Å². The minimum Gasteiger partial charge on any atom is -0.476 e. The van der Waals surface area contributed by atoms with Gasteiger partial charge in [-0.3, -0.25) is 0 Å². The van der Waals surface area contributed by atoms with Crippen LogP contribution >= 0.6 is 0 Å². The molecule has 2 aromatic rings. The number of aromatic nitrogens is 3. The number of hydrogen-bond donors (Lipinski definition) is 1. The highest BCUT2D eigenvalue weighted by Crippen LogP contribution is 2.26. The lowest BCUT2D eigenvalue weighted by molar-refractivity contribution is 0.0690. The molecule has 0 radical (unpaired) electrons. The average molecular weight is 273 g/mol. The van der Waals surface area contributed by atoms with Crippen molar-refractivity contribution in [1.29, 1.82) is 0 Å². The Balaban J connectivity index is 1.90. The number of fused-ring (bicyclic) bond motifs is 1. The van der Waals surface area contributed by atoms with E-state index in [2.05, 4.69) is 10.1 Å². The number of aryl methyl sites for hydroxylation is 1. The molecule has 1 aliphatic carbocycles. The third-order valence-corrected chi connectivity index (χ3v) is 4.10. The van der Waals surface area contributed by atoms with Crippen LogP contribution in [0, 0.1) is 12.8 Å². The van der Waals surface area contributed by atoms with Crippen LogP contribution in [0.3, 0.4) is 0 Å². The van der Waals surface area contributed by atoms with Crippen LogP contribution in [-0.2, 0) is 6.42 Å². The van der Waals surface area contributed by atoms with Gasteiger partial charge in [-0.25, -0.2) is 14.3 Å². The van der Waals surface area contributed by atoms with Gasteiger partial charge >= 0.3 is 5.97 Å². The summed E-state index contributed by atoms with van der Waals surface area (Å²) in [5.74, 6) is -0.288. The van der Waals surface area contributed by atoms with Gasteiger partial charge in [0.1, 0.15) is 0 Å². The molecule has 1 N–H and O–H groups in total. The van der Waals surface area contributed by atoms with Crippen molar-refractivity contribution in [1.82, 2.24) is 14.6 Å². The van der Waals surface area contributed by atoms with Crippen molar-refractivity contribution in [3.63, 3.8) is 0 Å². The van der Waals surface area contributed by atoms with E-state index in [0.717, 1.165) is 23.7 Å². The molecule has 2 heterocycles. The largest absolute Gasteiger partial charge is 0.476 e. The van der Waals surface area contributed by atoms with Crippen molar-refractivity contribution >= 4 is 11.6 Å². The summed E-state index contributed by atoms with van der Waals surface area (Å²) >= 11 is 0. The number of nitrogens with zero attached hydrogens (tertiary/aromatic N) is 3. The standard InChI is InChI=1S/C15H19N3O2/c1-10-7-12(8-11-5-3-2-4-6-11)16-14-9-13(15(19)20)17-18(10)14/h7,9,11H,2-6,8H2,1H3,(H,19,20). The van der Waals surface area contributed by atoms with E-state index in [1.54, 1.807) is 10.6 Å². The number of hydrogen-bond acceptors (Lipinski definition) is 3. The number of aromatic carboxylic acids is 1. The summed E-state index contributed by atoms with van der Waals surface area (Å²) in [4.78, 5) is 15.6. The van der Waals surface area contributed by atoms with Gasteiger partial charge in [0.2, 0.25) is 0 Å². The van der Waals surface area contributed by atoms with Gasteiger partial charge < -0.3 is 5.11 Å². The van der Waals surface area contributed by atoms with E-state index < -0.39 is 5.97 Å². The Morgan fingerprint density at radius 3 is 2.80 bits per heavy atom. The zero-order valence-corrected chi connectivity index (χ0v) is 11.7. The first-order valence-corrected chi connectivity index (χ1v) is 7.23. The maximum absolute atomic E-state index is 11.0. The van der Waals surface area contributed by atoms with Crippen LogP contribution in [0.5, 0.6) is 0 Å². The van der Waals surface area contributed by atoms with E-state index in [-0.39, 0.29) is 5.69 Å². The Morgan fingerprint density at radius 1 is 1.35 bits per heavy atom. The molecule has 0 bridgehead atoms. The molecule has 20 heavy (non-hydrogen) atoms. The van der Waals surface area contributed by atoms with Crippen molar-refractivity contribution in [2.75, 3.05) is 0 Å². The fourth-order valence-electron chi connectivity index (χ4n) is 3.09. The van der Waals surface area contributed by atoms with Crippen LogP contribution in [0.1, 0.15) is 54.0 Å². The smallest absolute Gasteiger partial charge is 0.356 e. The minimum atomic E-state index is -1.01. The first-order chi connectivity index (χ1) is 9.63. The Labute approximate surface area is 117 Å². The average Bonchev–Trinajstić information content (AvgIpc) is 2.84. The zero-order chi connectivity index (χ0) is 14.1. The quantitative estimate of drug-likeness (QED) is 0.933.